The Labute approximate surface area is 111 Å². The van der Waals surface area contributed by atoms with Crippen molar-refractivity contribution in [3.8, 4) is 0 Å². The van der Waals surface area contributed by atoms with Gasteiger partial charge in [-0.2, -0.15) is 11.8 Å². The lowest BCUT2D eigenvalue weighted by molar-refractivity contribution is -0.0700. The van der Waals surface area contributed by atoms with Crippen molar-refractivity contribution in [2.75, 3.05) is 36.7 Å². The molecule has 100 valence electrons. The molecule has 3 unspecified atom stereocenters. The van der Waals surface area contributed by atoms with Gasteiger partial charge in [-0.15, -0.1) is 0 Å². The van der Waals surface area contributed by atoms with Gasteiger partial charge in [0.2, 0.25) is 0 Å². The Morgan fingerprint density at radius 3 is 3.18 bits per heavy atom. The Kier molecular flexibility index (Phi) is 5.33. The third-order valence-electron chi connectivity index (χ3n) is 3.60. The fourth-order valence-electron chi connectivity index (χ4n) is 2.65. The molecule has 0 bridgehead atoms. The summed E-state index contributed by atoms with van der Waals surface area (Å²) in [5.41, 5.74) is 0.175. The molecule has 2 aliphatic heterocycles. The van der Waals surface area contributed by atoms with Crippen LogP contribution in [-0.2, 0) is 15.5 Å². The fraction of sp³-hybridized carbons (Fsp3) is 1.00. The quantitative estimate of drug-likeness (QED) is 0.771. The molecule has 3 atom stereocenters. The average molecular weight is 277 g/mol. The predicted octanol–water partition coefficient (Wildman–Crippen LogP) is 1.40. The van der Waals surface area contributed by atoms with Gasteiger partial charge in [0.25, 0.3) is 0 Å². The Morgan fingerprint density at radius 2 is 2.47 bits per heavy atom. The first-order valence-electron chi connectivity index (χ1n) is 6.45. The van der Waals surface area contributed by atoms with Crippen LogP contribution in [0.25, 0.3) is 0 Å². The highest BCUT2D eigenvalue weighted by atomic mass is 32.2. The van der Waals surface area contributed by atoms with Crippen LogP contribution in [0.2, 0.25) is 0 Å². The number of ether oxygens (including phenoxy) is 1. The van der Waals surface area contributed by atoms with Gasteiger partial charge in [-0.25, -0.2) is 0 Å². The Balaban J connectivity index is 1.68. The maximum Gasteiger partial charge on any atom is 0.0795 e. The van der Waals surface area contributed by atoms with Crippen LogP contribution in [0.5, 0.6) is 0 Å². The molecule has 0 aromatic rings. The molecule has 3 nitrogen and oxygen atoms in total. The van der Waals surface area contributed by atoms with Gasteiger partial charge in [-0.05, 0) is 38.0 Å². The van der Waals surface area contributed by atoms with Gasteiger partial charge in [-0.3, -0.25) is 4.21 Å². The lowest BCUT2D eigenvalue weighted by atomic mass is 9.90. The van der Waals surface area contributed by atoms with E-state index in [9.17, 15) is 4.21 Å². The highest BCUT2D eigenvalue weighted by Crippen LogP contribution is 2.38. The first-order chi connectivity index (χ1) is 8.20. The summed E-state index contributed by atoms with van der Waals surface area (Å²) in [6.07, 6.45) is 6.30. The summed E-state index contributed by atoms with van der Waals surface area (Å²) in [7, 11) is -0.649. The van der Waals surface area contributed by atoms with Gasteiger partial charge in [0.05, 0.1) is 5.60 Å². The van der Waals surface area contributed by atoms with Crippen LogP contribution in [0.1, 0.15) is 25.7 Å². The lowest BCUT2D eigenvalue weighted by Crippen LogP contribution is -2.47. The van der Waals surface area contributed by atoms with Gasteiger partial charge in [0.15, 0.2) is 0 Å². The second-order valence-corrected chi connectivity index (χ2v) is 7.77. The maximum atomic E-state index is 11.0. The molecule has 0 saturated carbocycles. The van der Waals surface area contributed by atoms with Crippen molar-refractivity contribution >= 4 is 22.6 Å². The summed E-state index contributed by atoms with van der Waals surface area (Å²) in [6.45, 7) is 1.89. The number of nitrogens with one attached hydrogen (secondary N) is 1. The normalized spacial score (nSPS) is 35.2. The molecule has 17 heavy (non-hydrogen) atoms. The minimum Gasteiger partial charge on any atom is -0.374 e. The Bertz CT molecular complexity index is 267. The number of hydrogen-bond donors (Lipinski definition) is 1. The molecule has 2 aliphatic rings. The number of hydrogen-bond acceptors (Lipinski definition) is 4. The molecule has 5 heteroatoms. The van der Waals surface area contributed by atoms with Gasteiger partial charge in [-0.1, -0.05) is 0 Å². The first kappa shape index (κ1) is 13.8. The zero-order valence-corrected chi connectivity index (χ0v) is 12.2. The van der Waals surface area contributed by atoms with Crippen LogP contribution in [0.15, 0.2) is 0 Å². The van der Waals surface area contributed by atoms with E-state index in [4.69, 9.17) is 4.74 Å². The van der Waals surface area contributed by atoms with E-state index in [0.29, 0.717) is 6.04 Å². The summed E-state index contributed by atoms with van der Waals surface area (Å²) in [5.74, 6) is 3.24. The highest BCUT2D eigenvalue weighted by molar-refractivity contribution is 7.99. The third kappa shape index (κ3) is 4.23. The SMILES string of the molecule is CS(=O)CCCNC1CCOC2(CCSC2)C1. The molecule has 0 amide bonds. The van der Waals surface area contributed by atoms with E-state index in [1.807, 2.05) is 11.8 Å². The molecular weight excluding hydrogens is 254 g/mol. The highest BCUT2D eigenvalue weighted by Gasteiger charge is 2.40. The van der Waals surface area contributed by atoms with Gasteiger partial charge < -0.3 is 10.1 Å². The molecule has 0 radical (unpaired) electrons. The van der Waals surface area contributed by atoms with E-state index in [0.717, 1.165) is 38.2 Å². The third-order valence-corrected chi connectivity index (χ3v) is 5.69. The zero-order chi connectivity index (χ0) is 12.1. The van der Waals surface area contributed by atoms with Crippen molar-refractivity contribution in [1.29, 1.82) is 0 Å². The van der Waals surface area contributed by atoms with Crippen molar-refractivity contribution in [3.05, 3.63) is 0 Å². The van der Waals surface area contributed by atoms with Crippen LogP contribution in [-0.4, -0.2) is 52.5 Å². The van der Waals surface area contributed by atoms with Gasteiger partial charge in [0.1, 0.15) is 0 Å². The summed E-state index contributed by atoms with van der Waals surface area (Å²) >= 11 is 2.02. The van der Waals surface area contributed by atoms with Crippen LogP contribution in [0.3, 0.4) is 0 Å². The average Bonchev–Trinajstić information content (AvgIpc) is 2.73. The van der Waals surface area contributed by atoms with Gasteiger partial charge in [0, 0.05) is 41.2 Å². The standard InChI is InChI=1S/C12H23NO2S2/c1-17(14)8-2-5-13-11-3-6-15-12(9-11)4-7-16-10-12/h11,13H,2-10H2,1H3. The van der Waals surface area contributed by atoms with Crippen molar-refractivity contribution in [2.45, 2.75) is 37.3 Å². The molecule has 1 N–H and O–H groups in total. The predicted molar refractivity (Wildman–Crippen MR) is 75.2 cm³/mol. The molecule has 2 saturated heterocycles. The minimum absolute atomic E-state index is 0.175. The van der Waals surface area contributed by atoms with E-state index in [2.05, 4.69) is 5.32 Å². The molecular formula is C12H23NO2S2. The molecule has 0 aromatic heterocycles. The van der Waals surface area contributed by atoms with Crippen molar-refractivity contribution in [3.63, 3.8) is 0 Å². The second kappa shape index (κ2) is 6.55. The number of rotatable bonds is 5. The molecule has 0 aromatic carbocycles. The summed E-state index contributed by atoms with van der Waals surface area (Å²) < 4.78 is 17.0. The van der Waals surface area contributed by atoms with Gasteiger partial charge >= 0.3 is 0 Å². The first-order valence-corrected chi connectivity index (χ1v) is 9.34. The van der Waals surface area contributed by atoms with Crippen LogP contribution in [0, 0.1) is 0 Å². The van der Waals surface area contributed by atoms with E-state index in [1.165, 1.54) is 17.9 Å². The number of thioether (sulfide) groups is 1. The molecule has 0 aliphatic carbocycles. The largest absolute Gasteiger partial charge is 0.374 e. The summed E-state index contributed by atoms with van der Waals surface area (Å²) in [4.78, 5) is 0. The van der Waals surface area contributed by atoms with Crippen molar-refractivity contribution in [1.82, 2.24) is 5.32 Å². The molecule has 2 heterocycles. The second-order valence-electron chi connectivity index (χ2n) is 5.11. The Morgan fingerprint density at radius 1 is 1.59 bits per heavy atom. The van der Waals surface area contributed by atoms with Crippen LogP contribution < -0.4 is 5.32 Å². The smallest absolute Gasteiger partial charge is 0.0795 e. The topological polar surface area (TPSA) is 38.3 Å². The van der Waals surface area contributed by atoms with Crippen molar-refractivity contribution in [2.24, 2.45) is 0 Å². The minimum atomic E-state index is -0.649. The van der Waals surface area contributed by atoms with Crippen LogP contribution in [0.4, 0.5) is 0 Å². The monoisotopic (exact) mass is 277 g/mol. The molecule has 1 spiro atoms. The fourth-order valence-corrected chi connectivity index (χ4v) is 4.58. The maximum absolute atomic E-state index is 11.0. The van der Waals surface area contributed by atoms with E-state index in [-0.39, 0.29) is 5.60 Å². The molecule has 2 rings (SSSR count). The zero-order valence-electron chi connectivity index (χ0n) is 10.6. The summed E-state index contributed by atoms with van der Waals surface area (Å²) in [6, 6.07) is 0.604. The van der Waals surface area contributed by atoms with E-state index >= 15 is 0 Å². The van der Waals surface area contributed by atoms with E-state index in [1.54, 1.807) is 6.26 Å². The van der Waals surface area contributed by atoms with Crippen LogP contribution >= 0.6 is 11.8 Å². The van der Waals surface area contributed by atoms with Crippen molar-refractivity contribution < 1.29 is 8.95 Å². The van der Waals surface area contributed by atoms with E-state index < -0.39 is 10.8 Å². The molecule has 2 fully saturated rings. The summed E-state index contributed by atoms with van der Waals surface area (Å²) in [5, 5.41) is 3.60. The lowest BCUT2D eigenvalue weighted by Gasteiger charge is -2.38. The Hall–Kier alpha value is 0.420.